The Kier molecular flexibility index (Phi) is 4.55. The summed E-state index contributed by atoms with van der Waals surface area (Å²) in [5.74, 6) is 0.352. The highest BCUT2D eigenvalue weighted by atomic mass is 19.4. The van der Waals surface area contributed by atoms with Crippen molar-refractivity contribution >= 4 is 6.29 Å². The van der Waals surface area contributed by atoms with Crippen LogP contribution in [0.1, 0.15) is 21.5 Å². The van der Waals surface area contributed by atoms with Crippen LogP contribution in [-0.4, -0.2) is 13.4 Å². The van der Waals surface area contributed by atoms with Crippen LogP contribution in [0.25, 0.3) is 0 Å². The third-order valence-electron chi connectivity index (χ3n) is 2.98. The minimum Gasteiger partial charge on any atom is -0.496 e. The van der Waals surface area contributed by atoms with E-state index in [1.165, 1.54) is 37.4 Å². The molecule has 2 aromatic rings. The predicted octanol–water partition coefficient (Wildman–Crippen LogP) is 4.19. The van der Waals surface area contributed by atoms with Gasteiger partial charge in [0, 0.05) is 6.07 Å². The Morgan fingerprint density at radius 1 is 1.13 bits per heavy atom. The van der Waals surface area contributed by atoms with E-state index in [1.807, 2.05) is 0 Å². The quantitative estimate of drug-likeness (QED) is 0.792. The highest BCUT2D eigenvalue weighted by molar-refractivity contribution is 5.79. The third-order valence-corrected chi connectivity index (χ3v) is 2.98. The lowest BCUT2D eigenvalue weighted by Gasteiger charge is -2.12. The highest BCUT2D eigenvalue weighted by Crippen LogP contribution is 2.36. The van der Waals surface area contributed by atoms with Gasteiger partial charge < -0.3 is 9.47 Å². The van der Waals surface area contributed by atoms with E-state index in [2.05, 4.69) is 0 Å². The van der Waals surface area contributed by atoms with E-state index in [4.69, 9.17) is 14.7 Å². The van der Waals surface area contributed by atoms with Gasteiger partial charge in [0.1, 0.15) is 17.2 Å². The predicted molar refractivity (Wildman–Crippen MR) is 74.6 cm³/mol. The molecule has 0 unspecified atom stereocenters. The molecule has 118 valence electrons. The summed E-state index contributed by atoms with van der Waals surface area (Å²) < 4.78 is 49.1. The normalized spacial score (nSPS) is 10.7. The van der Waals surface area contributed by atoms with Gasteiger partial charge in [0.15, 0.2) is 6.29 Å². The minimum atomic E-state index is -4.66. The molecule has 0 aliphatic heterocycles. The first-order valence-corrected chi connectivity index (χ1v) is 6.31. The first-order valence-electron chi connectivity index (χ1n) is 6.31. The average Bonchev–Trinajstić information content (AvgIpc) is 2.53. The molecule has 23 heavy (non-hydrogen) atoms. The van der Waals surface area contributed by atoms with Gasteiger partial charge in [-0.25, -0.2) is 0 Å². The molecule has 0 fully saturated rings. The summed E-state index contributed by atoms with van der Waals surface area (Å²) in [6.45, 7) is 0. The lowest BCUT2D eigenvalue weighted by molar-refractivity contribution is -0.137. The smallest absolute Gasteiger partial charge is 0.417 e. The summed E-state index contributed by atoms with van der Waals surface area (Å²) >= 11 is 0. The Hall–Kier alpha value is -3.01. The summed E-state index contributed by atoms with van der Waals surface area (Å²) in [4.78, 5) is 10.8. The Morgan fingerprint density at radius 3 is 2.35 bits per heavy atom. The zero-order chi connectivity index (χ0) is 17.0. The summed E-state index contributed by atoms with van der Waals surface area (Å²) in [7, 11) is 1.36. The van der Waals surface area contributed by atoms with Crippen molar-refractivity contribution in [2.24, 2.45) is 0 Å². The first-order chi connectivity index (χ1) is 10.9. The number of halogens is 3. The molecule has 0 radical (unpaired) electrons. The number of hydrogen-bond donors (Lipinski definition) is 0. The number of methoxy groups -OCH3 is 1. The summed E-state index contributed by atoms with van der Waals surface area (Å²) in [5, 5.41) is 8.75. The van der Waals surface area contributed by atoms with E-state index in [-0.39, 0.29) is 22.8 Å². The van der Waals surface area contributed by atoms with Gasteiger partial charge in [-0.2, -0.15) is 18.4 Å². The molecule has 0 aliphatic rings. The number of nitriles is 1. The van der Waals surface area contributed by atoms with Gasteiger partial charge in [-0.05, 0) is 30.3 Å². The van der Waals surface area contributed by atoms with Crippen LogP contribution in [0.2, 0.25) is 0 Å². The van der Waals surface area contributed by atoms with E-state index in [0.717, 1.165) is 12.1 Å². The van der Waals surface area contributed by atoms with Crippen LogP contribution in [0.5, 0.6) is 17.2 Å². The molecule has 0 spiro atoms. The number of nitrogens with zero attached hydrogens (tertiary/aromatic N) is 1. The molecule has 2 rings (SSSR count). The first kappa shape index (κ1) is 16.4. The Labute approximate surface area is 129 Å². The van der Waals surface area contributed by atoms with Crippen LogP contribution >= 0.6 is 0 Å². The van der Waals surface area contributed by atoms with Crippen molar-refractivity contribution in [1.29, 1.82) is 5.26 Å². The van der Waals surface area contributed by atoms with Crippen molar-refractivity contribution in [3.63, 3.8) is 0 Å². The van der Waals surface area contributed by atoms with Crippen molar-refractivity contribution in [2.45, 2.75) is 6.18 Å². The van der Waals surface area contributed by atoms with Crippen LogP contribution in [-0.2, 0) is 6.18 Å². The fourth-order valence-corrected chi connectivity index (χ4v) is 1.91. The van der Waals surface area contributed by atoms with Crippen LogP contribution in [0, 0.1) is 11.3 Å². The topological polar surface area (TPSA) is 59.3 Å². The van der Waals surface area contributed by atoms with E-state index in [1.54, 1.807) is 0 Å². The Bertz CT molecular complexity index is 779. The van der Waals surface area contributed by atoms with Gasteiger partial charge in [-0.3, -0.25) is 4.79 Å². The molecule has 7 heteroatoms. The van der Waals surface area contributed by atoms with E-state index in [0.29, 0.717) is 6.29 Å². The van der Waals surface area contributed by atoms with Gasteiger partial charge in [0.05, 0.1) is 29.9 Å². The highest BCUT2D eigenvalue weighted by Gasteiger charge is 2.34. The van der Waals surface area contributed by atoms with Crippen molar-refractivity contribution in [2.75, 3.05) is 7.11 Å². The molecule has 0 bridgehead atoms. The van der Waals surface area contributed by atoms with Gasteiger partial charge in [-0.15, -0.1) is 0 Å². The number of carbonyl (C=O) groups is 1. The summed E-state index contributed by atoms with van der Waals surface area (Å²) in [5.41, 5.74) is -1.27. The molecule has 0 saturated carbocycles. The standard InChI is InChI=1S/C16H10F3NO3/c1-22-15-7-13(5-3-11(15)9-21)23-12-4-2-10(8-20)14(6-12)16(17,18)19/h2-7,9H,1H3. The molecule has 0 aromatic heterocycles. The number of aldehydes is 1. The van der Waals surface area contributed by atoms with Crippen molar-refractivity contribution in [3.8, 4) is 23.3 Å². The number of rotatable bonds is 4. The second kappa shape index (κ2) is 6.40. The fraction of sp³-hybridized carbons (Fsp3) is 0.125. The molecule has 0 amide bonds. The van der Waals surface area contributed by atoms with Crippen LogP contribution in [0.15, 0.2) is 36.4 Å². The molecule has 0 heterocycles. The van der Waals surface area contributed by atoms with Gasteiger partial charge in [0.25, 0.3) is 0 Å². The van der Waals surface area contributed by atoms with Gasteiger partial charge in [0.2, 0.25) is 0 Å². The SMILES string of the molecule is COc1cc(Oc2ccc(C#N)c(C(F)(F)F)c2)ccc1C=O. The van der Waals surface area contributed by atoms with E-state index in [9.17, 15) is 18.0 Å². The van der Waals surface area contributed by atoms with E-state index >= 15 is 0 Å². The number of hydrogen-bond acceptors (Lipinski definition) is 4. The molecule has 0 atom stereocenters. The van der Waals surface area contributed by atoms with Crippen molar-refractivity contribution in [1.82, 2.24) is 0 Å². The van der Waals surface area contributed by atoms with Gasteiger partial charge >= 0.3 is 6.18 Å². The second-order valence-electron chi connectivity index (χ2n) is 4.44. The molecule has 0 saturated heterocycles. The van der Waals surface area contributed by atoms with Crippen molar-refractivity contribution < 1.29 is 27.4 Å². The van der Waals surface area contributed by atoms with E-state index < -0.39 is 17.3 Å². The number of benzene rings is 2. The maximum atomic E-state index is 12.9. The van der Waals surface area contributed by atoms with Crippen molar-refractivity contribution in [3.05, 3.63) is 53.1 Å². The zero-order valence-corrected chi connectivity index (χ0v) is 11.8. The summed E-state index contributed by atoms with van der Waals surface area (Å²) in [6, 6.07) is 8.77. The van der Waals surface area contributed by atoms with Gasteiger partial charge in [-0.1, -0.05) is 0 Å². The molecule has 0 N–H and O–H groups in total. The summed E-state index contributed by atoms with van der Waals surface area (Å²) in [6.07, 6.45) is -4.07. The lowest BCUT2D eigenvalue weighted by atomic mass is 10.1. The average molecular weight is 321 g/mol. The van der Waals surface area contributed by atoms with Crippen LogP contribution < -0.4 is 9.47 Å². The number of ether oxygens (including phenoxy) is 2. The largest absolute Gasteiger partial charge is 0.496 e. The maximum absolute atomic E-state index is 12.9. The Balaban J connectivity index is 2.38. The fourth-order valence-electron chi connectivity index (χ4n) is 1.91. The Morgan fingerprint density at radius 2 is 1.78 bits per heavy atom. The molecule has 2 aromatic carbocycles. The molecular formula is C16H10F3NO3. The number of alkyl halides is 3. The monoisotopic (exact) mass is 321 g/mol. The zero-order valence-electron chi connectivity index (χ0n) is 11.8. The second-order valence-corrected chi connectivity index (χ2v) is 4.44. The lowest BCUT2D eigenvalue weighted by Crippen LogP contribution is -2.07. The molecule has 0 aliphatic carbocycles. The third kappa shape index (κ3) is 3.61. The molecule has 4 nitrogen and oxygen atoms in total. The van der Waals surface area contributed by atoms with Crippen LogP contribution in [0.4, 0.5) is 13.2 Å². The maximum Gasteiger partial charge on any atom is 0.417 e. The number of carbonyl (C=O) groups excluding carboxylic acids is 1. The van der Waals surface area contributed by atoms with Crippen LogP contribution in [0.3, 0.4) is 0 Å². The minimum absolute atomic E-state index is 0.0859. The molecular weight excluding hydrogens is 311 g/mol.